The Kier molecular flexibility index (Phi) is 3.62. The molecule has 5 nitrogen and oxygen atoms in total. The molecule has 0 amide bonds. The van der Waals surface area contributed by atoms with Gasteiger partial charge in [-0.25, -0.2) is 4.79 Å². The molecule has 0 aromatic heterocycles. The molecule has 0 saturated carbocycles. The molecule has 0 radical (unpaired) electrons. The third-order valence-electron chi connectivity index (χ3n) is 2.98. The largest absolute Gasteiger partial charge is 0.479 e. The molecule has 2 rings (SSSR count). The Balaban J connectivity index is 2.11. The number of Topliss-reactive ketones (excluding diaryl/α,β-unsaturated/α-hetero) is 1. The number of morpholine rings is 1. The van der Waals surface area contributed by atoms with Gasteiger partial charge in [0.15, 0.2) is 11.9 Å². The molecule has 1 aromatic rings. The Bertz CT molecular complexity index is 455. The van der Waals surface area contributed by atoms with Crippen LogP contribution in [0.1, 0.15) is 17.3 Å². The zero-order valence-corrected chi connectivity index (χ0v) is 10.1. The van der Waals surface area contributed by atoms with Crippen LogP contribution in [0, 0.1) is 0 Å². The van der Waals surface area contributed by atoms with Gasteiger partial charge in [0.2, 0.25) is 0 Å². The van der Waals surface area contributed by atoms with Crippen LogP contribution in [0.15, 0.2) is 24.3 Å². The second kappa shape index (κ2) is 5.18. The van der Waals surface area contributed by atoms with Crippen molar-refractivity contribution in [3.8, 4) is 0 Å². The van der Waals surface area contributed by atoms with Gasteiger partial charge in [-0.2, -0.15) is 0 Å². The van der Waals surface area contributed by atoms with E-state index in [1.807, 2.05) is 17.0 Å². The number of carbonyl (C=O) groups is 2. The van der Waals surface area contributed by atoms with E-state index in [1.165, 1.54) is 6.92 Å². The standard InChI is InChI=1S/C13H15NO4/c1-9(15)10-2-4-11(5-3-10)14-6-7-18-12(8-14)13(16)17/h2-5,12H,6-8H2,1H3,(H,16,17). The lowest BCUT2D eigenvalue weighted by molar-refractivity contribution is -0.150. The fourth-order valence-corrected chi connectivity index (χ4v) is 1.94. The van der Waals surface area contributed by atoms with Crippen LogP contribution >= 0.6 is 0 Å². The van der Waals surface area contributed by atoms with Gasteiger partial charge in [0.1, 0.15) is 0 Å². The number of carboxylic acid groups (broad SMARTS) is 1. The number of carboxylic acids is 1. The first-order valence-electron chi connectivity index (χ1n) is 5.78. The monoisotopic (exact) mass is 249 g/mol. The third kappa shape index (κ3) is 2.68. The average Bonchev–Trinajstić information content (AvgIpc) is 2.39. The molecule has 5 heteroatoms. The summed E-state index contributed by atoms with van der Waals surface area (Å²) in [4.78, 5) is 24.0. The van der Waals surface area contributed by atoms with Gasteiger partial charge in [-0.1, -0.05) is 0 Å². The first kappa shape index (κ1) is 12.6. The van der Waals surface area contributed by atoms with Crippen LogP contribution in [0.4, 0.5) is 5.69 Å². The summed E-state index contributed by atoms with van der Waals surface area (Å²) in [6.45, 7) is 2.90. The van der Waals surface area contributed by atoms with Crippen molar-refractivity contribution in [3.63, 3.8) is 0 Å². The van der Waals surface area contributed by atoms with Gasteiger partial charge >= 0.3 is 5.97 Å². The van der Waals surface area contributed by atoms with Crippen LogP contribution in [0.3, 0.4) is 0 Å². The SMILES string of the molecule is CC(=O)c1ccc(N2CCOC(C(=O)O)C2)cc1. The normalized spacial score (nSPS) is 19.6. The average molecular weight is 249 g/mol. The van der Waals surface area contributed by atoms with Gasteiger partial charge in [0.05, 0.1) is 13.2 Å². The molecular formula is C13H15NO4. The molecule has 1 saturated heterocycles. The maximum atomic E-state index is 11.2. The molecule has 1 N–H and O–H groups in total. The van der Waals surface area contributed by atoms with E-state index >= 15 is 0 Å². The Morgan fingerprint density at radius 3 is 2.56 bits per heavy atom. The Labute approximate surface area is 105 Å². The molecule has 0 aliphatic carbocycles. The van der Waals surface area contributed by atoms with Crippen molar-refractivity contribution in [2.75, 3.05) is 24.6 Å². The lowest BCUT2D eigenvalue weighted by Crippen LogP contribution is -2.46. The summed E-state index contributed by atoms with van der Waals surface area (Å²) < 4.78 is 5.16. The predicted octanol–water partition coefficient (Wildman–Crippen LogP) is 1.18. The summed E-state index contributed by atoms with van der Waals surface area (Å²) >= 11 is 0. The van der Waals surface area contributed by atoms with Crippen molar-refractivity contribution in [2.45, 2.75) is 13.0 Å². The van der Waals surface area contributed by atoms with Gasteiger partial charge in [0, 0.05) is 17.8 Å². The molecule has 1 atom stereocenters. The highest BCUT2D eigenvalue weighted by Gasteiger charge is 2.26. The number of aliphatic carboxylic acids is 1. The van der Waals surface area contributed by atoms with Gasteiger partial charge in [-0.05, 0) is 31.2 Å². The molecule has 18 heavy (non-hydrogen) atoms. The minimum Gasteiger partial charge on any atom is -0.479 e. The summed E-state index contributed by atoms with van der Waals surface area (Å²) in [6.07, 6.45) is -0.786. The molecule has 1 unspecified atom stereocenters. The highest BCUT2D eigenvalue weighted by Crippen LogP contribution is 2.18. The Hall–Kier alpha value is -1.88. The maximum absolute atomic E-state index is 11.2. The van der Waals surface area contributed by atoms with E-state index in [9.17, 15) is 9.59 Å². The van der Waals surface area contributed by atoms with E-state index in [-0.39, 0.29) is 5.78 Å². The van der Waals surface area contributed by atoms with E-state index in [1.54, 1.807) is 12.1 Å². The van der Waals surface area contributed by atoms with Gasteiger partial charge in [0.25, 0.3) is 0 Å². The molecule has 96 valence electrons. The number of nitrogens with zero attached hydrogens (tertiary/aromatic N) is 1. The fourth-order valence-electron chi connectivity index (χ4n) is 1.94. The van der Waals surface area contributed by atoms with Crippen molar-refractivity contribution in [3.05, 3.63) is 29.8 Å². The summed E-state index contributed by atoms with van der Waals surface area (Å²) in [5.41, 5.74) is 1.57. The zero-order valence-electron chi connectivity index (χ0n) is 10.1. The van der Waals surface area contributed by atoms with Crippen molar-refractivity contribution >= 4 is 17.4 Å². The molecule has 1 fully saturated rings. The Morgan fingerprint density at radius 1 is 1.33 bits per heavy atom. The minimum atomic E-state index is -0.944. The van der Waals surface area contributed by atoms with Crippen LogP contribution in [-0.2, 0) is 9.53 Å². The van der Waals surface area contributed by atoms with E-state index in [2.05, 4.69) is 0 Å². The number of hydrogen-bond donors (Lipinski definition) is 1. The second-order valence-electron chi connectivity index (χ2n) is 4.25. The zero-order chi connectivity index (χ0) is 13.1. The van der Waals surface area contributed by atoms with Crippen LogP contribution in [0.5, 0.6) is 0 Å². The number of rotatable bonds is 3. The highest BCUT2D eigenvalue weighted by molar-refractivity contribution is 5.94. The van der Waals surface area contributed by atoms with E-state index in [4.69, 9.17) is 9.84 Å². The summed E-state index contributed by atoms with van der Waals surface area (Å²) in [7, 11) is 0. The van der Waals surface area contributed by atoms with Crippen LogP contribution in [0.25, 0.3) is 0 Å². The smallest absolute Gasteiger partial charge is 0.334 e. The number of ketones is 1. The topological polar surface area (TPSA) is 66.8 Å². The van der Waals surface area contributed by atoms with Crippen LogP contribution in [-0.4, -0.2) is 42.7 Å². The maximum Gasteiger partial charge on any atom is 0.334 e. The number of benzene rings is 1. The number of anilines is 1. The lowest BCUT2D eigenvalue weighted by Gasteiger charge is -2.32. The fraction of sp³-hybridized carbons (Fsp3) is 0.385. The number of hydrogen-bond acceptors (Lipinski definition) is 4. The summed E-state index contributed by atoms with van der Waals surface area (Å²) in [5.74, 6) is -0.924. The van der Waals surface area contributed by atoms with E-state index in [0.717, 1.165) is 5.69 Å². The predicted molar refractivity (Wildman–Crippen MR) is 66.0 cm³/mol. The van der Waals surface area contributed by atoms with Gasteiger partial charge in [-0.3, -0.25) is 4.79 Å². The van der Waals surface area contributed by atoms with Crippen molar-refractivity contribution in [2.24, 2.45) is 0 Å². The van der Waals surface area contributed by atoms with Crippen LogP contribution in [0.2, 0.25) is 0 Å². The van der Waals surface area contributed by atoms with Crippen molar-refractivity contribution < 1.29 is 19.4 Å². The lowest BCUT2D eigenvalue weighted by atomic mass is 10.1. The second-order valence-corrected chi connectivity index (χ2v) is 4.25. The first-order valence-corrected chi connectivity index (χ1v) is 5.78. The summed E-state index contributed by atoms with van der Waals surface area (Å²) in [6, 6.07) is 7.17. The molecule has 1 heterocycles. The molecule has 1 aliphatic heterocycles. The van der Waals surface area contributed by atoms with Gasteiger partial charge < -0.3 is 14.7 Å². The number of carbonyl (C=O) groups excluding carboxylic acids is 1. The van der Waals surface area contributed by atoms with Crippen LogP contribution < -0.4 is 4.90 Å². The van der Waals surface area contributed by atoms with Crippen molar-refractivity contribution in [1.29, 1.82) is 0 Å². The molecule has 1 aromatic carbocycles. The highest BCUT2D eigenvalue weighted by atomic mass is 16.5. The van der Waals surface area contributed by atoms with E-state index in [0.29, 0.717) is 25.3 Å². The van der Waals surface area contributed by atoms with Crippen molar-refractivity contribution in [1.82, 2.24) is 0 Å². The van der Waals surface area contributed by atoms with E-state index < -0.39 is 12.1 Å². The molecule has 0 spiro atoms. The quantitative estimate of drug-likeness (QED) is 0.815. The Morgan fingerprint density at radius 2 is 2.00 bits per heavy atom. The molecular weight excluding hydrogens is 234 g/mol. The summed E-state index contributed by atoms with van der Waals surface area (Å²) in [5, 5.41) is 8.92. The molecule has 0 bridgehead atoms. The minimum absolute atomic E-state index is 0.0203. The number of ether oxygens (including phenoxy) is 1. The first-order chi connectivity index (χ1) is 8.58. The third-order valence-corrected chi connectivity index (χ3v) is 2.98. The van der Waals surface area contributed by atoms with Gasteiger partial charge in [-0.15, -0.1) is 0 Å². The molecule has 1 aliphatic rings.